The lowest BCUT2D eigenvalue weighted by molar-refractivity contribution is -0.385. The molecule has 102 valence electrons. The number of nitrogens with zero attached hydrogens (tertiary/aromatic N) is 1. The molecule has 6 nitrogen and oxygen atoms in total. The van der Waals surface area contributed by atoms with Crippen LogP contribution in [0.2, 0.25) is 5.02 Å². The molecule has 1 atom stereocenters. The zero-order valence-electron chi connectivity index (χ0n) is 10.2. The maximum Gasteiger partial charge on any atom is 0.283 e. The summed E-state index contributed by atoms with van der Waals surface area (Å²) in [4.78, 5) is 22.3. The highest BCUT2D eigenvalue weighted by Crippen LogP contribution is 2.25. The Hall–Kier alpha value is -1.66. The van der Waals surface area contributed by atoms with Crippen LogP contribution in [0.3, 0.4) is 0 Å². The number of amides is 1. The average Bonchev–Trinajstić information content (AvgIpc) is 2.88. The Labute approximate surface area is 115 Å². The van der Waals surface area contributed by atoms with Crippen molar-refractivity contribution in [3.8, 4) is 0 Å². The lowest BCUT2D eigenvalue weighted by Gasteiger charge is -2.12. The first-order valence-electron chi connectivity index (χ1n) is 6.04. The highest BCUT2D eigenvalue weighted by atomic mass is 35.5. The molecule has 1 aliphatic heterocycles. The molecule has 0 radical (unpaired) electrons. The highest BCUT2D eigenvalue weighted by molar-refractivity contribution is 6.34. The molecule has 1 aromatic rings. The third-order valence-corrected chi connectivity index (χ3v) is 3.40. The fraction of sp³-hybridized carbons (Fsp3) is 0.417. The van der Waals surface area contributed by atoms with Gasteiger partial charge in [0.15, 0.2) is 0 Å². The van der Waals surface area contributed by atoms with Gasteiger partial charge in [-0.05, 0) is 25.5 Å². The molecule has 0 bridgehead atoms. The summed E-state index contributed by atoms with van der Waals surface area (Å²) >= 11 is 5.88. The highest BCUT2D eigenvalue weighted by Gasteiger charge is 2.24. The van der Waals surface area contributed by atoms with Gasteiger partial charge in [0.1, 0.15) is 5.56 Å². The van der Waals surface area contributed by atoms with Crippen LogP contribution in [0.25, 0.3) is 0 Å². The summed E-state index contributed by atoms with van der Waals surface area (Å²) < 4.78 is 0. The van der Waals surface area contributed by atoms with E-state index in [1.165, 1.54) is 18.2 Å². The van der Waals surface area contributed by atoms with Crippen LogP contribution >= 0.6 is 11.6 Å². The van der Waals surface area contributed by atoms with Crippen molar-refractivity contribution in [2.24, 2.45) is 0 Å². The first-order chi connectivity index (χ1) is 9.09. The molecule has 1 aliphatic rings. The summed E-state index contributed by atoms with van der Waals surface area (Å²) in [5.74, 6) is -0.508. The van der Waals surface area contributed by atoms with Crippen LogP contribution in [0.5, 0.6) is 0 Å². The fourth-order valence-corrected chi connectivity index (χ4v) is 2.38. The molecule has 2 rings (SSSR count). The molecule has 1 fully saturated rings. The maximum atomic E-state index is 12.0. The zero-order chi connectivity index (χ0) is 13.8. The molecular weight excluding hydrogens is 270 g/mol. The monoisotopic (exact) mass is 283 g/mol. The lowest BCUT2D eigenvalue weighted by atomic mass is 10.1. The SMILES string of the molecule is O=C(NCC1CCCN1)c1c(Cl)cccc1[N+](=O)[O-]. The Morgan fingerprint density at radius 3 is 3.00 bits per heavy atom. The van der Waals surface area contributed by atoms with Crippen LogP contribution in [0.4, 0.5) is 5.69 Å². The van der Waals surface area contributed by atoms with E-state index in [1.54, 1.807) is 0 Å². The molecule has 2 N–H and O–H groups in total. The Morgan fingerprint density at radius 1 is 1.58 bits per heavy atom. The number of benzene rings is 1. The van der Waals surface area contributed by atoms with Crippen molar-refractivity contribution in [2.45, 2.75) is 18.9 Å². The topological polar surface area (TPSA) is 84.3 Å². The van der Waals surface area contributed by atoms with Gasteiger partial charge in [-0.15, -0.1) is 0 Å². The van der Waals surface area contributed by atoms with E-state index in [2.05, 4.69) is 10.6 Å². The number of hydrogen-bond donors (Lipinski definition) is 2. The van der Waals surface area contributed by atoms with E-state index in [1.807, 2.05) is 0 Å². The summed E-state index contributed by atoms with van der Waals surface area (Å²) in [6, 6.07) is 4.42. The van der Waals surface area contributed by atoms with Crippen molar-refractivity contribution in [1.29, 1.82) is 0 Å². The van der Waals surface area contributed by atoms with Gasteiger partial charge < -0.3 is 10.6 Å². The number of nitro groups is 1. The fourth-order valence-electron chi connectivity index (χ4n) is 2.12. The van der Waals surface area contributed by atoms with E-state index < -0.39 is 10.8 Å². The summed E-state index contributed by atoms with van der Waals surface area (Å²) in [6.07, 6.45) is 2.07. The second-order valence-electron chi connectivity index (χ2n) is 4.39. The van der Waals surface area contributed by atoms with E-state index in [9.17, 15) is 14.9 Å². The second-order valence-corrected chi connectivity index (χ2v) is 4.80. The summed E-state index contributed by atoms with van der Waals surface area (Å²) in [5, 5.41) is 16.9. The van der Waals surface area contributed by atoms with Gasteiger partial charge in [-0.2, -0.15) is 0 Å². The molecule has 1 amide bonds. The maximum absolute atomic E-state index is 12.0. The second kappa shape index (κ2) is 5.99. The van der Waals surface area contributed by atoms with Crippen molar-refractivity contribution in [1.82, 2.24) is 10.6 Å². The normalized spacial score (nSPS) is 18.3. The average molecular weight is 284 g/mol. The minimum Gasteiger partial charge on any atom is -0.350 e. The van der Waals surface area contributed by atoms with Gasteiger partial charge in [-0.3, -0.25) is 14.9 Å². The van der Waals surface area contributed by atoms with Gasteiger partial charge in [-0.1, -0.05) is 17.7 Å². The van der Waals surface area contributed by atoms with Crippen LogP contribution in [0, 0.1) is 10.1 Å². The van der Waals surface area contributed by atoms with Crippen molar-refractivity contribution >= 4 is 23.2 Å². The minimum atomic E-state index is -0.603. The quantitative estimate of drug-likeness (QED) is 0.651. The molecule has 1 heterocycles. The number of carbonyl (C=O) groups excluding carboxylic acids is 1. The van der Waals surface area contributed by atoms with Gasteiger partial charge in [0.2, 0.25) is 0 Å². The molecule has 0 aromatic heterocycles. The molecule has 0 spiro atoms. The predicted molar refractivity (Wildman–Crippen MR) is 71.5 cm³/mol. The van der Waals surface area contributed by atoms with Gasteiger partial charge in [0, 0.05) is 18.7 Å². The smallest absolute Gasteiger partial charge is 0.283 e. The molecule has 1 saturated heterocycles. The van der Waals surface area contributed by atoms with Crippen LogP contribution in [0.15, 0.2) is 18.2 Å². The van der Waals surface area contributed by atoms with E-state index in [-0.39, 0.29) is 22.3 Å². The minimum absolute atomic E-state index is 0.0767. The van der Waals surface area contributed by atoms with E-state index >= 15 is 0 Å². The Balaban J connectivity index is 2.11. The molecule has 7 heteroatoms. The molecule has 0 aliphatic carbocycles. The standard InChI is InChI=1S/C12H14ClN3O3/c13-9-4-1-5-10(16(18)19)11(9)12(17)15-7-8-3-2-6-14-8/h1,4-5,8,14H,2-3,6-7H2,(H,15,17). The lowest BCUT2D eigenvalue weighted by Crippen LogP contribution is -2.37. The molecular formula is C12H14ClN3O3. The number of nitro benzene ring substituents is 1. The number of rotatable bonds is 4. The van der Waals surface area contributed by atoms with Gasteiger partial charge >= 0.3 is 0 Å². The Bertz CT molecular complexity index is 501. The first-order valence-corrected chi connectivity index (χ1v) is 6.42. The molecule has 0 saturated carbocycles. The molecule has 1 unspecified atom stereocenters. The Morgan fingerprint density at radius 2 is 2.37 bits per heavy atom. The number of carbonyl (C=O) groups is 1. The number of halogens is 1. The summed E-state index contributed by atoms with van der Waals surface area (Å²) in [6.45, 7) is 1.38. The number of nitrogens with one attached hydrogen (secondary N) is 2. The van der Waals surface area contributed by atoms with Crippen LogP contribution < -0.4 is 10.6 Å². The van der Waals surface area contributed by atoms with Crippen molar-refractivity contribution in [2.75, 3.05) is 13.1 Å². The third-order valence-electron chi connectivity index (χ3n) is 3.09. The third kappa shape index (κ3) is 3.21. The van der Waals surface area contributed by atoms with Crippen LogP contribution in [-0.2, 0) is 0 Å². The van der Waals surface area contributed by atoms with Crippen LogP contribution in [-0.4, -0.2) is 30.0 Å². The van der Waals surface area contributed by atoms with E-state index in [0.29, 0.717) is 6.54 Å². The molecule has 1 aromatic carbocycles. The largest absolute Gasteiger partial charge is 0.350 e. The van der Waals surface area contributed by atoms with Crippen molar-refractivity contribution < 1.29 is 9.72 Å². The van der Waals surface area contributed by atoms with Gasteiger partial charge in [0.25, 0.3) is 11.6 Å². The summed E-state index contributed by atoms with van der Waals surface area (Å²) in [5.41, 5.74) is -0.350. The van der Waals surface area contributed by atoms with E-state index in [4.69, 9.17) is 11.6 Å². The van der Waals surface area contributed by atoms with Gasteiger partial charge in [0.05, 0.1) is 9.95 Å². The van der Waals surface area contributed by atoms with Crippen molar-refractivity contribution in [3.63, 3.8) is 0 Å². The van der Waals surface area contributed by atoms with Gasteiger partial charge in [-0.25, -0.2) is 0 Å². The summed E-state index contributed by atoms with van der Waals surface area (Å²) in [7, 11) is 0. The van der Waals surface area contributed by atoms with E-state index in [0.717, 1.165) is 19.4 Å². The molecule has 19 heavy (non-hydrogen) atoms. The van der Waals surface area contributed by atoms with Crippen LogP contribution in [0.1, 0.15) is 23.2 Å². The number of hydrogen-bond acceptors (Lipinski definition) is 4. The zero-order valence-corrected chi connectivity index (χ0v) is 10.9. The first kappa shape index (κ1) is 13.8. The Kier molecular flexibility index (Phi) is 4.34. The van der Waals surface area contributed by atoms with Crippen molar-refractivity contribution in [3.05, 3.63) is 38.9 Å². The predicted octanol–water partition coefficient (Wildman–Crippen LogP) is 1.73.